The van der Waals surface area contributed by atoms with E-state index in [-0.39, 0.29) is 5.43 Å². The summed E-state index contributed by atoms with van der Waals surface area (Å²) in [5, 5.41) is 0. The number of hydrogen-bond donors (Lipinski definition) is 0. The van der Waals surface area contributed by atoms with E-state index in [9.17, 15) is 4.79 Å². The number of rotatable bonds is 3. The highest BCUT2D eigenvalue weighted by Gasteiger charge is 2.17. The van der Waals surface area contributed by atoms with Crippen molar-refractivity contribution in [3.05, 3.63) is 45.6 Å². The van der Waals surface area contributed by atoms with E-state index < -0.39 is 0 Å². The van der Waals surface area contributed by atoms with Crippen molar-refractivity contribution < 1.29 is 0 Å². The fraction of sp³-hybridized carbons (Fsp3) is 0.455. The average Bonchev–Trinajstić information content (AvgIpc) is 2.94. The SMILES string of the molecule is CCc1cc(=O)cc2sc3cc(N4CCCCCC4)cc(CC)c3nc1-2. The lowest BCUT2D eigenvalue weighted by Gasteiger charge is -2.24. The molecule has 1 saturated heterocycles. The number of anilines is 1. The number of aryl methyl sites for hydroxylation is 2. The lowest BCUT2D eigenvalue weighted by Crippen LogP contribution is -2.23. The third-order valence-electron chi connectivity index (χ3n) is 5.44. The minimum atomic E-state index is 0.0890. The molecular weight excluding hydrogens is 340 g/mol. The summed E-state index contributed by atoms with van der Waals surface area (Å²) in [6.07, 6.45) is 7.05. The van der Waals surface area contributed by atoms with Crippen LogP contribution in [0.4, 0.5) is 5.69 Å². The molecule has 0 atom stereocenters. The molecule has 2 heterocycles. The van der Waals surface area contributed by atoms with Crippen LogP contribution in [0.5, 0.6) is 0 Å². The van der Waals surface area contributed by atoms with Crippen LogP contribution in [0.3, 0.4) is 0 Å². The van der Waals surface area contributed by atoms with Crippen molar-refractivity contribution in [2.24, 2.45) is 0 Å². The van der Waals surface area contributed by atoms with Crippen molar-refractivity contribution in [1.82, 2.24) is 4.98 Å². The standard InChI is InChI=1S/C22H26N2OS/c1-3-15-11-17(24-9-7-5-6-8-10-24)13-19-21(15)23-22-16(4-2)12-18(25)14-20(22)26-19/h11-14H,3-10H2,1-2H3. The number of hydrogen-bond acceptors (Lipinski definition) is 4. The first-order chi connectivity index (χ1) is 12.7. The van der Waals surface area contributed by atoms with Crippen molar-refractivity contribution in [3.8, 4) is 10.6 Å². The maximum absolute atomic E-state index is 12.0. The molecule has 0 spiro atoms. The number of fused-ring (bicyclic) bond motifs is 2. The largest absolute Gasteiger partial charge is 0.371 e. The Morgan fingerprint density at radius 3 is 2.38 bits per heavy atom. The Morgan fingerprint density at radius 1 is 0.962 bits per heavy atom. The quantitative estimate of drug-likeness (QED) is 0.592. The molecule has 26 heavy (non-hydrogen) atoms. The first kappa shape index (κ1) is 17.5. The molecule has 0 amide bonds. The second-order valence-corrected chi connectivity index (χ2v) is 8.29. The second kappa shape index (κ2) is 7.36. The molecule has 0 bridgehead atoms. The normalized spacial score (nSPS) is 15.5. The molecule has 1 aromatic carbocycles. The molecule has 3 nitrogen and oxygen atoms in total. The van der Waals surface area contributed by atoms with Gasteiger partial charge in [-0.3, -0.25) is 4.79 Å². The van der Waals surface area contributed by atoms with Crippen LogP contribution >= 0.6 is 11.3 Å². The number of nitrogens with zero attached hydrogens (tertiary/aromatic N) is 2. The third-order valence-corrected chi connectivity index (χ3v) is 6.50. The molecule has 0 unspecified atom stereocenters. The van der Waals surface area contributed by atoms with E-state index in [0.717, 1.165) is 47.6 Å². The summed E-state index contributed by atoms with van der Waals surface area (Å²) in [5.74, 6) is 0. The third kappa shape index (κ3) is 3.23. The van der Waals surface area contributed by atoms with Crippen LogP contribution < -0.4 is 10.3 Å². The zero-order valence-corrected chi connectivity index (χ0v) is 16.5. The van der Waals surface area contributed by atoms with E-state index in [2.05, 4.69) is 30.9 Å². The molecule has 136 valence electrons. The van der Waals surface area contributed by atoms with E-state index in [1.54, 1.807) is 23.5 Å². The Bertz CT molecular complexity index is 954. The first-order valence-corrected chi connectivity index (χ1v) is 10.7. The molecule has 1 aliphatic carbocycles. The Hall–Kier alpha value is -1.94. The molecule has 0 aromatic heterocycles. The Morgan fingerprint density at radius 2 is 1.69 bits per heavy atom. The van der Waals surface area contributed by atoms with Crippen molar-refractivity contribution in [3.63, 3.8) is 0 Å². The predicted molar refractivity (Wildman–Crippen MR) is 112 cm³/mol. The molecule has 1 fully saturated rings. The molecule has 0 radical (unpaired) electrons. The highest BCUT2D eigenvalue weighted by molar-refractivity contribution is 7.21. The van der Waals surface area contributed by atoms with Gasteiger partial charge in [-0.15, -0.1) is 11.3 Å². The smallest absolute Gasteiger partial charge is 0.180 e. The minimum Gasteiger partial charge on any atom is -0.371 e. The van der Waals surface area contributed by atoms with Gasteiger partial charge in [0.2, 0.25) is 0 Å². The van der Waals surface area contributed by atoms with E-state index in [0.29, 0.717) is 0 Å². The van der Waals surface area contributed by atoms with Gasteiger partial charge in [0.15, 0.2) is 5.43 Å². The van der Waals surface area contributed by atoms with Gasteiger partial charge in [-0.05, 0) is 55.0 Å². The lowest BCUT2D eigenvalue weighted by atomic mass is 10.1. The molecule has 3 aliphatic rings. The van der Waals surface area contributed by atoms with E-state index >= 15 is 0 Å². The summed E-state index contributed by atoms with van der Waals surface area (Å²) in [6, 6.07) is 8.12. The van der Waals surface area contributed by atoms with Gasteiger partial charge in [-0.1, -0.05) is 26.7 Å². The van der Waals surface area contributed by atoms with E-state index in [1.807, 2.05) is 0 Å². The van der Waals surface area contributed by atoms with Crippen LogP contribution in [0.2, 0.25) is 0 Å². The van der Waals surface area contributed by atoms with Crippen LogP contribution in [0, 0.1) is 0 Å². The van der Waals surface area contributed by atoms with Crippen LogP contribution in [-0.2, 0) is 12.8 Å². The van der Waals surface area contributed by atoms with Crippen LogP contribution in [0.15, 0.2) is 29.1 Å². The van der Waals surface area contributed by atoms with Gasteiger partial charge in [0.05, 0.1) is 20.8 Å². The van der Waals surface area contributed by atoms with Crippen LogP contribution in [-0.4, -0.2) is 18.1 Å². The van der Waals surface area contributed by atoms with Gasteiger partial charge in [0, 0.05) is 24.8 Å². The summed E-state index contributed by atoms with van der Waals surface area (Å²) in [7, 11) is 0. The van der Waals surface area contributed by atoms with Crippen molar-refractivity contribution in [2.45, 2.75) is 52.4 Å². The maximum Gasteiger partial charge on any atom is 0.180 e. The highest BCUT2D eigenvalue weighted by Crippen LogP contribution is 2.36. The predicted octanol–water partition coefficient (Wildman–Crippen LogP) is 5.27. The summed E-state index contributed by atoms with van der Waals surface area (Å²) in [4.78, 5) is 20.6. The molecular formula is C22H26N2OS. The van der Waals surface area contributed by atoms with E-state index in [4.69, 9.17) is 4.98 Å². The monoisotopic (exact) mass is 366 g/mol. The summed E-state index contributed by atoms with van der Waals surface area (Å²) in [6.45, 7) is 6.59. The van der Waals surface area contributed by atoms with Crippen molar-refractivity contribution >= 4 is 27.2 Å². The lowest BCUT2D eigenvalue weighted by molar-refractivity contribution is 0.726. The molecule has 4 heteroatoms. The molecule has 0 saturated carbocycles. The maximum atomic E-state index is 12.0. The highest BCUT2D eigenvalue weighted by atomic mass is 32.1. The van der Waals surface area contributed by atoms with E-state index in [1.165, 1.54) is 41.6 Å². The van der Waals surface area contributed by atoms with Gasteiger partial charge in [-0.2, -0.15) is 0 Å². The average molecular weight is 367 g/mol. The summed E-state index contributed by atoms with van der Waals surface area (Å²) in [5.41, 5.74) is 5.89. The molecule has 2 aliphatic heterocycles. The second-order valence-electron chi connectivity index (χ2n) is 7.20. The summed E-state index contributed by atoms with van der Waals surface area (Å²) < 4.78 is 1.20. The number of benzene rings is 2. The Kier molecular flexibility index (Phi) is 4.94. The summed E-state index contributed by atoms with van der Waals surface area (Å²) >= 11 is 1.72. The minimum absolute atomic E-state index is 0.0890. The van der Waals surface area contributed by atoms with Crippen molar-refractivity contribution in [1.29, 1.82) is 0 Å². The zero-order valence-electron chi connectivity index (χ0n) is 15.7. The van der Waals surface area contributed by atoms with Gasteiger partial charge < -0.3 is 4.90 Å². The topological polar surface area (TPSA) is 33.2 Å². The number of aromatic nitrogens is 1. The van der Waals surface area contributed by atoms with Gasteiger partial charge in [-0.25, -0.2) is 4.98 Å². The van der Waals surface area contributed by atoms with Crippen molar-refractivity contribution in [2.75, 3.05) is 18.0 Å². The Balaban J connectivity index is 1.92. The van der Waals surface area contributed by atoms with Gasteiger partial charge in [0.25, 0.3) is 0 Å². The van der Waals surface area contributed by atoms with Gasteiger partial charge in [0.1, 0.15) is 0 Å². The zero-order chi connectivity index (χ0) is 18.1. The molecule has 1 aromatic rings. The molecule has 4 rings (SSSR count). The fourth-order valence-corrected chi connectivity index (χ4v) is 5.12. The first-order valence-electron chi connectivity index (χ1n) is 9.85. The molecule has 0 N–H and O–H groups in total. The van der Waals surface area contributed by atoms with Crippen LogP contribution in [0.1, 0.15) is 50.7 Å². The van der Waals surface area contributed by atoms with Crippen LogP contribution in [0.25, 0.3) is 20.8 Å². The Labute approximate surface area is 159 Å². The van der Waals surface area contributed by atoms with Gasteiger partial charge >= 0.3 is 0 Å². The fourth-order valence-electron chi connectivity index (χ4n) is 3.98.